The van der Waals surface area contributed by atoms with Crippen LogP contribution in [0, 0.1) is 20.8 Å². The van der Waals surface area contributed by atoms with E-state index in [1.807, 2.05) is 26.0 Å². The van der Waals surface area contributed by atoms with Crippen LogP contribution < -0.4 is 0 Å². The molecule has 16 heavy (non-hydrogen) atoms. The lowest BCUT2D eigenvalue weighted by atomic mass is 10.1. The normalized spacial score (nSPS) is 11.5. The fourth-order valence-electron chi connectivity index (χ4n) is 1.73. The molecule has 0 N–H and O–H groups in total. The molecule has 0 atom stereocenters. The molecule has 1 aromatic carbocycles. The summed E-state index contributed by atoms with van der Waals surface area (Å²) < 4.78 is 0. The van der Waals surface area contributed by atoms with Gasteiger partial charge >= 0.3 is 0 Å². The van der Waals surface area contributed by atoms with Crippen molar-refractivity contribution in [2.45, 2.75) is 27.7 Å². The minimum Gasteiger partial charge on any atom is -0.249 e. The van der Waals surface area contributed by atoms with E-state index in [0.29, 0.717) is 0 Å². The lowest BCUT2D eigenvalue weighted by molar-refractivity contribution is 1.15. The molecule has 82 valence electrons. The highest BCUT2D eigenvalue weighted by Gasteiger charge is 2.04. The Kier molecular flexibility index (Phi) is 2.73. The minimum absolute atomic E-state index is 0.957. The first-order chi connectivity index (χ1) is 7.61. The van der Waals surface area contributed by atoms with E-state index in [-0.39, 0.29) is 0 Å². The summed E-state index contributed by atoms with van der Waals surface area (Å²) in [5, 5.41) is 0. The van der Waals surface area contributed by atoms with Crippen LogP contribution in [0.5, 0.6) is 0 Å². The van der Waals surface area contributed by atoms with Gasteiger partial charge in [-0.3, -0.25) is 0 Å². The van der Waals surface area contributed by atoms with Crippen molar-refractivity contribution in [3.63, 3.8) is 0 Å². The third kappa shape index (κ3) is 1.83. The van der Waals surface area contributed by atoms with E-state index in [4.69, 9.17) is 0 Å². The van der Waals surface area contributed by atoms with Crippen molar-refractivity contribution in [1.29, 1.82) is 0 Å². The Hall–Kier alpha value is -1.70. The summed E-state index contributed by atoms with van der Waals surface area (Å²) >= 11 is 0. The second-order valence-corrected chi connectivity index (χ2v) is 4.12. The molecular weight excluding hydrogens is 196 g/mol. The molecule has 0 spiro atoms. The predicted molar refractivity (Wildman–Crippen MR) is 68.5 cm³/mol. The third-order valence-electron chi connectivity index (χ3n) is 2.82. The van der Waals surface area contributed by atoms with Gasteiger partial charge in [-0.05, 0) is 57.0 Å². The Balaban J connectivity index is 2.74. The topological polar surface area (TPSA) is 25.8 Å². The monoisotopic (exact) mass is 212 g/mol. The number of allylic oxidation sites excluding steroid dienone is 1. The SMILES string of the molecule is CC=Cc1nc2cc(C)c(C)cc2nc1C. The molecule has 0 amide bonds. The molecule has 0 radical (unpaired) electrons. The zero-order valence-corrected chi connectivity index (χ0v) is 10.2. The van der Waals surface area contributed by atoms with Crippen molar-refractivity contribution in [2.75, 3.05) is 0 Å². The molecule has 0 bridgehead atoms. The molecule has 2 heteroatoms. The van der Waals surface area contributed by atoms with Crippen LogP contribution in [-0.2, 0) is 0 Å². The number of fused-ring (bicyclic) bond motifs is 1. The summed E-state index contributed by atoms with van der Waals surface area (Å²) in [6, 6.07) is 4.20. The molecule has 0 saturated carbocycles. The third-order valence-corrected chi connectivity index (χ3v) is 2.82. The summed E-state index contributed by atoms with van der Waals surface area (Å²) in [6.07, 6.45) is 3.99. The van der Waals surface area contributed by atoms with Crippen LogP contribution in [0.25, 0.3) is 17.1 Å². The summed E-state index contributed by atoms with van der Waals surface area (Å²) in [5.74, 6) is 0. The highest BCUT2D eigenvalue weighted by molar-refractivity contribution is 5.77. The van der Waals surface area contributed by atoms with Gasteiger partial charge in [-0.1, -0.05) is 6.08 Å². The summed E-state index contributed by atoms with van der Waals surface area (Å²) in [5.41, 5.74) is 6.42. The summed E-state index contributed by atoms with van der Waals surface area (Å²) in [4.78, 5) is 9.20. The van der Waals surface area contributed by atoms with Crippen molar-refractivity contribution in [2.24, 2.45) is 0 Å². The van der Waals surface area contributed by atoms with Gasteiger partial charge < -0.3 is 0 Å². The molecule has 0 unspecified atom stereocenters. The maximum absolute atomic E-state index is 4.62. The van der Waals surface area contributed by atoms with E-state index in [0.717, 1.165) is 22.4 Å². The highest BCUT2D eigenvalue weighted by atomic mass is 14.8. The van der Waals surface area contributed by atoms with E-state index < -0.39 is 0 Å². The van der Waals surface area contributed by atoms with Crippen molar-refractivity contribution >= 4 is 17.1 Å². The Morgan fingerprint density at radius 2 is 1.50 bits per heavy atom. The van der Waals surface area contributed by atoms with Crippen molar-refractivity contribution < 1.29 is 0 Å². The first-order valence-corrected chi connectivity index (χ1v) is 5.50. The van der Waals surface area contributed by atoms with Gasteiger partial charge in [0.25, 0.3) is 0 Å². The maximum atomic E-state index is 4.62. The molecule has 0 aliphatic rings. The number of aromatic nitrogens is 2. The standard InChI is InChI=1S/C14H16N2/c1-5-6-12-11(4)15-13-7-9(2)10(3)8-14(13)16-12/h5-8H,1-4H3. The zero-order valence-electron chi connectivity index (χ0n) is 10.2. The minimum atomic E-state index is 0.957. The molecule has 0 saturated heterocycles. The number of nitrogens with zero attached hydrogens (tertiary/aromatic N) is 2. The van der Waals surface area contributed by atoms with Gasteiger partial charge in [-0.25, -0.2) is 9.97 Å². The van der Waals surface area contributed by atoms with E-state index in [9.17, 15) is 0 Å². The van der Waals surface area contributed by atoms with E-state index in [2.05, 4.69) is 35.9 Å². The molecule has 1 heterocycles. The number of rotatable bonds is 1. The number of hydrogen-bond donors (Lipinski definition) is 0. The lowest BCUT2D eigenvalue weighted by Gasteiger charge is -2.06. The molecule has 0 aliphatic carbocycles. The number of hydrogen-bond acceptors (Lipinski definition) is 2. The molecule has 2 aromatic rings. The van der Waals surface area contributed by atoms with Crippen LogP contribution in [0.15, 0.2) is 18.2 Å². The largest absolute Gasteiger partial charge is 0.249 e. The Labute approximate surface area is 96.1 Å². The second kappa shape index (κ2) is 4.05. The van der Waals surface area contributed by atoms with E-state index >= 15 is 0 Å². The van der Waals surface area contributed by atoms with Crippen LogP contribution in [0.4, 0.5) is 0 Å². The molecule has 2 rings (SSSR count). The van der Waals surface area contributed by atoms with Gasteiger partial charge in [0.05, 0.1) is 22.4 Å². The molecule has 0 aliphatic heterocycles. The lowest BCUT2D eigenvalue weighted by Crippen LogP contribution is -1.95. The molecule has 0 fully saturated rings. The van der Waals surface area contributed by atoms with Crippen molar-refractivity contribution in [3.05, 3.63) is 40.7 Å². The second-order valence-electron chi connectivity index (χ2n) is 4.12. The van der Waals surface area contributed by atoms with Gasteiger partial charge in [0, 0.05) is 0 Å². The number of aryl methyl sites for hydroxylation is 3. The molecular formula is C14H16N2. The first kappa shape index (κ1) is 10.8. The highest BCUT2D eigenvalue weighted by Crippen LogP contribution is 2.18. The molecule has 2 nitrogen and oxygen atoms in total. The van der Waals surface area contributed by atoms with E-state index in [1.54, 1.807) is 0 Å². The van der Waals surface area contributed by atoms with Crippen LogP contribution >= 0.6 is 0 Å². The van der Waals surface area contributed by atoms with Gasteiger partial charge in [0.2, 0.25) is 0 Å². The average molecular weight is 212 g/mol. The van der Waals surface area contributed by atoms with Gasteiger partial charge in [-0.15, -0.1) is 0 Å². The van der Waals surface area contributed by atoms with Crippen LogP contribution in [0.3, 0.4) is 0 Å². The Morgan fingerprint density at radius 3 is 2.06 bits per heavy atom. The van der Waals surface area contributed by atoms with Crippen LogP contribution in [0.1, 0.15) is 29.4 Å². The smallest absolute Gasteiger partial charge is 0.0897 e. The maximum Gasteiger partial charge on any atom is 0.0897 e. The van der Waals surface area contributed by atoms with Crippen molar-refractivity contribution in [3.8, 4) is 0 Å². The van der Waals surface area contributed by atoms with E-state index in [1.165, 1.54) is 11.1 Å². The van der Waals surface area contributed by atoms with Gasteiger partial charge in [0.15, 0.2) is 0 Å². The summed E-state index contributed by atoms with van der Waals surface area (Å²) in [7, 11) is 0. The Bertz CT molecular complexity index is 568. The van der Waals surface area contributed by atoms with Crippen LogP contribution in [-0.4, -0.2) is 9.97 Å². The first-order valence-electron chi connectivity index (χ1n) is 5.50. The van der Waals surface area contributed by atoms with Crippen molar-refractivity contribution in [1.82, 2.24) is 9.97 Å². The number of benzene rings is 1. The zero-order chi connectivity index (χ0) is 11.7. The van der Waals surface area contributed by atoms with Crippen LogP contribution in [0.2, 0.25) is 0 Å². The Morgan fingerprint density at radius 1 is 0.938 bits per heavy atom. The fraction of sp³-hybridized carbons (Fsp3) is 0.286. The average Bonchev–Trinajstić information content (AvgIpc) is 2.23. The molecule has 1 aromatic heterocycles. The summed E-state index contributed by atoms with van der Waals surface area (Å²) in [6.45, 7) is 8.19. The van der Waals surface area contributed by atoms with Gasteiger partial charge in [-0.2, -0.15) is 0 Å². The predicted octanol–water partition coefficient (Wildman–Crippen LogP) is 3.59. The van der Waals surface area contributed by atoms with Gasteiger partial charge in [0.1, 0.15) is 0 Å². The fourth-order valence-corrected chi connectivity index (χ4v) is 1.73. The quantitative estimate of drug-likeness (QED) is 0.722.